The van der Waals surface area contributed by atoms with E-state index in [1.807, 2.05) is 31.3 Å². The van der Waals surface area contributed by atoms with Gasteiger partial charge in [-0.15, -0.1) is 0 Å². The molecule has 0 spiro atoms. The second kappa shape index (κ2) is 6.63. The average Bonchev–Trinajstić information content (AvgIpc) is 2.42. The molecule has 0 heterocycles. The van der Waals surface area contributed by atoms with Crippen LogP contribution in [0.15, 0.2) is 53.0 Å². The minimum absolute atomic E-state index is 0.107. The molecule has 0 aliphatic rings. The molecule has 5 heteroatoms. The van der Waals surface area contributed by atoms with Gasteiger partial charge in [0, 0.05) is 19.2 Å². The van der Waals surface area contributed by atoms with Crippen LogP contribution in [0.1, 0.15) is 11.1 Å². The van der Waals surface area contributed by atoms with Gasteiger partial charge in [-0.2, -0.15) is 0 Å². The monoisotopic (exact) mass is 334 g/mol. The van der Waals surface area contributed by atoms with E-state index in [-0.39, 0.29) is 10.6 Å². The Bertz CT molecular complexity index is 602. The van der Waals surface area contributed by atoms with Crippen LogP contribution >= 0.6 is 15.9 Å². The van der Waals surface area contributed by atoms with Gasteiger partial charge < -0.3 is 0 Å². The molecule has 0 atom stereocenters. The number of hydrogen-bond donors (Lipinski definition) is 0. The van der Waals surface area contributed by atoms with Gasteiger partial charge in [0.2, 0.25) is 0 Å². The number of nitro groups is 1. The summed E-state index contributed by atoms with van der Waals surface area (Å²) in [4.78, 5) is 12.7. The van der Waals surface area contributed by atoms with Crippen LogP contribution in [0.4, 0.5) is 5.69 Å². The largest absolute Gasteiger partial charge is 0.298 e. The summed E-state index contributed by atoms with van der Waals surface area (Å²) in [5.41, 5.74) is 2.24. The Morgan fingerprint density at radius 3 is 2.45 bits per heavy atom. The van der Waals surface area contributed by atoms with E-state index in [2.05, 4.69) is 33.0 Å². The van der Waals surface area contributed by atoms with Crippen LogP contribution in [0, 0.1) is 10.1 Å². The van der Waals surface area contributed by atoms with E-state index >= 15 is 0 Å². The van der Waals surface area contributed by atoms with Crippen molar-refractivity contribution in [1.82, 2.24) is 4.90 Å². The lowest BCUT2D eigenvalue weighted by Crippen LogP contribution is -2.17. The summed E-state index contributed by atoms with van der Waals surface area (Å²) < 4.78 is 0.560. The third-order valence-corrected chi connectivity index (χ3v) is 3.91. The third-order valence-electron chi connectivity index (χ3n) is 2.99. The highest BCUT2D eigenvalue weighted by atomic mass is 79.9. The van der Waals surface area contributed by atoms with E-state index in [1.165, 1.54) is 11.6 Å². The summed E-state index contributed by atoms with van der Waals surface area (Å²) in [5, 5.41) is 10.9. The Kier molecular flexibility index (Phi) is 4.87. The highest BCUT2D eigenvalue weighted by Crippen LogP contribution is 2.29. The number of nitrogens with zero attached hydrogens (tertiary/aromatic N) is 2. The molecule has 20 heavy (non-hydrogen) atoms. The fourth-order valence-corrected chi connectivity index (χ4v) is 2.61. The first-order valence-electron chi connectivity index (χ1n) is 6.22. The van der Waals surface area contributed by atoms with Crippen molar-refractivity contribution in [3.05, 3.63) is 74.2 Å². The lowest BCUT2D eigenvalue weighted by Gasteiger charge is -2.17. The summed E-state index contributed by atoms with van der Waals surface area (Å²) in [6.45, 7) is 1.45. The van der Waals surface area contributed by atoms with Gasteiger partial charge in [0.05, 0.1) is 9.40 Å². The Hall–Kier alpha value is -1.72. The Morgan fingerprint density at radius 2 is 1.80 bits per heavy atom. The lowest BCUT2D eigenvalue weighted by molar-refractivity contribution is -0.385. The van der Waals surface area contributed by atoms with Gasteiger partial charge in [0.1, 0.15) is 0 Å². The number of nitro benzene ring substituents is 1. The quantitative estimate of drug-likeness (QED) is 0.613. The molecule has 4 nitrogen and oxygen atoms in total. The first-order chi connectivity index (χ1) is 9.58. The van der Waals surface area contributed by atoms with E-state index in [0.29, 0.717) is 11.0 Å². The summed E-state index contributed by atoms with van der Waals surface area (Å²) in [5.74, 6) is 0. The zero-order valence-electron chi connectivity index (χ0n) is 11.1. The topological polar surface area (TPSA) is 46.4 Å². The van der Waals surface area contributed by atoms with Crippen molar-refractivity contribution in [3.63, 3.8) is 0 Å². The van der Waals surface area contributed by atoms with Crippen molar-refractivity contribution in [2.75, 3.05) is 7.05 Å². The molecule has 2 aromatic carbocycles. The zero-order chi connectivity index (χ0) is 14.5. The second-order valence-corrected chi connectivity index (χ2v) is 5.46. The van der Waals surface area contributed by atoms with Crippen molar-refractivity contribution in [2.45, 2.75) is 13.1 Å². The number of rotatable bonds is 5. The molecule has 0 radical (unpaired) electrons. The smallest absolute Gasteiger partial charge is 0.283 e. The average molecular weight is 335 g/mol. The zero-order valence-corrected chi connectivity index (χ0v) is 12.7. The van der Waals surface area contributed by atoms with Crippen LogP contribution in [0.3, 0.4) is 0 Å². The number of hydrogen-bond acceptors (Lipinski definition) is 3. The maximum atomic E-state index is 10.9. The molecular formula is C15H15BrN2O2. The minimum Gasteiger partial charge on any atom is -0.298 e. The molecule has 104 valence electrons. The molecule has 0 aliphatic carbocycles. The standard InChI is InChI=1S/C15H15BrN2O2/c1-17(10-12-6-3-2-4-7-12)11-13-8-5-9-14(15(13)16)18(19)20/h2-9H,10-11H2,1H3. The van der Waals surface area contributed by atoms with Gasteiger partial charge in [-0.1, -0.05) is 42.5 Å². The molecule has 0 amide bonds. The van der Waals surface area contributed by atoms with Gasteiger partial charge >= 0.3 is 0 Å². The van der Waals surface area contributed by atoms with Gasteiger partial charge in [-0.05, 0) is 34.1 Å². The fraction of sp³-hybridized carbons (Fsp3) is 0.200. The maximum Gasteiger partial charge on any atom is 0.283 e. The van der Waals surface area contributed by atoms with Gasteiger partial charge in [-0.25, -0.2) is 0 Å². The molecular weight excluding hydrogens is 320 g/mol. The summed E-state index contributed by atoms with van der Waals surface area (Å²) >= 11 is 3.33. The number of benzene rings is 2. The van der Waals surface area contributed by atoms with Crippen molar-refractivity contribution in [3.8, 4) is 0 Å². The first-order valence-corrected chi connectivity index (χ1v) is 7.01. The SMILES string of the molecule is CN(Cc1ccccc1)Cc1cccc([N+](=O)[O-])c1Br. The van der Waals surface area contributed by atoms with Crippen molar-refractivity contribution in [1.29, 1.82) is 0 Å². The van der Waals surface area contributed by atoms with Crippen LogP contribution < -0.4 is 0 Å². The van der Waals surface area contributed by atoms with E-state index in [9.17, 15) is 10.1 Å². The molecule has 0 bridgehead atoms. The molecule has 0 fully saturated rings. The molecule has 0 saturated heterocycles. The summed E-state index contributed by atoms with van der Waals surface area (Å²) in [7, 11) is 2.00. The van der Waals surface area contributed by atoms with E-state index in [4.69, 9.17) is 0 Å². The van der Waals surface area contributed by atoms with E-state index < -0.39 is 0 Å². The van der Waals surface area contributed by atoms with Crippen LogP contribution in [0.25, 0.3) is 0 Å². The van der Waals surface area contributed by atoms with E-state index in [0.717, 1.165) is 12.1 Å². The molecule has 0 unspecified atom stereocenters. The maximum absolute atomic E-state index is 10.9. The Morgan fingerprint density at radius 1 is 1.10 bits per heavy atom. The minimum atomic E-state index is -0.370. The Balaban J connectivity index is 2.10. The molecule has 0 aromatic heterocycles. The highest BCUT2D eigenvalue weighted by molar-refractivity contribution is 9.10. The molecule has 0 aliphatic heterocycles. The normalized spacial score (nSPS) is 10.8. The van der Waals surface area contributed by atoms with Gasteiger partial charge in [-0.3, -0.25) is 15.0 Å². The van der Waals surface area contributed by atoms with Crippen molar-refractivity contribution >= 4 is 21.6 Å². The second-order valence-electron chi connectivity index (χ2n) is 4.67. The summed E-state index contributed by atoms with van der Waals surface area (Å²) in [6.07, 6.45) is 0. The van der Waals surface area contributed by atoms with Crippen molar-refractivity contribution < 1.29 is 4.92 Å². The van der Waals surface area contributed by atoms with Crippen LogP contribution in [-0.2, 0) is 13.1 Å². The fourth-order valence-electron chi connectivity index (χ4n) is 2.07. The van der Waals surface area contributed by atoms with Crippen LogP contribution in [-0.4, -0.2) is 16.9 Å². The number of halogens is 1. The molecule has 0 N–H and O–H groups in total. The first kappa shape index (κ1) is 14.7. The third kappa shape index (κ3) is 3.65. The molecule has 0 saturated carbocycles. The Labute approximate surface area is 126 Å². The molecule has 2 aromatic rings. The molecule has 2 rings (SSSR count). The van der Waals surface area contributed by atoms with Crippen molar-refractivity contribution in [2.24, 2.45) is 0 Å². The summed E-state index contributed by atoms with van der Waals surface area (Å²) in [6, 6.07) is 15.3. The van der Waals surface area contributed by atoms with E-state index in [1.54, 1.807) is 6.07 Å². The van der Waals surface area contributed by atoms with Gasteiger partial charge in [0.25, 0.3) is 5.69 Å². The predicted octanol–water partition coefficient (Wildman–Crippen LogP) is 3.99. The van der Waals surface area contributed by atoms with Crippen LogP contribution in [0.5, 0.6) is 0 Å². The van der Waals surface area contributed by atoms with Crippen LogP contribution in [0.2, 0.25) is 0 Å². The predicted molar refractivity (Wildman–Crippen MR) is 82.4 cm³/mol. The van der Waals surface area contributed by atoms with Gasteiger partial charge in [0.15, 0.2) is 0 Å². The highest BCUT2D eigenvalue weighted by Gasteiger charge is 2.15. The lowest BCUT2D eigenvalue weighted by atomic mass is 10.1.